The van der Waals surface area contributed by atoms with Crippen LogP contribution in [-0.4, -0.2) is 36.2 Å². The molecule has 2 heterocycles. The Bertz CT molecular complexity index is 937. The summed E-state index contributed by atoms with van der Waals surface area (Å²) in [5.41, 5.74) is -0.474. The SMILES string of the molecule is COC(=O)C[C@H](c1ccc(F)c(F)c1)c1oc(CN2CCCCC2)cc(=O)c1O. The van der Waals surface area contributed by atoms with E-state index in [9.17, 15) is 23.5 Å². The van der Waals surface area contributed by atoms with E-state index in [1.54, 1.807) is 0 Å². The van der Waals surface area contributed by atoms with Crippen molar-refractivity contribution in [3.8, 4) is 5.75 Å². The number of hydrogen-bond donors (Lipinski definition) is 1. The molecule has 1 aromatic carbocycles. The first-order chi connectivity index (χ1) is 13.9. The number of halogens is 2. The second-order valence-electron chi connectivity index (χ2n) is 7.13. The number of carbonyl (C=O) groups excluding carboxylic acids is 1. The molecule has 0 bridgehead atoms. The van der Waals surface area contributed by atoms with Gasteiger partial charge in [-0.05, 0) is 43.6 Å². The number of nitrogens with zero attached hydrogens (tertiary/aromatic N) is 1. The second kappa shape index (κ2) is 9.17. The lowest BCUT2D eigenvalue weighted by atomic mass is 9.92. The van der Waals surface area contributed by atoms with Crippen LogP contribution in [0.25, 0.3) is 0 Å². The third-order valence-electron chi connectivity index (χ3n) is 5.09. The summed E-state index contributed by atoms with van der Waals surface area (Å²) >= 11 is 0. The topological polar surface area (TPSA) is 80.0 Å². The van der Waals surface area contributed by atoms with E-state index < -0.39 is 34.7 Å². The Hall–Kier alpha value is -2.74. The standard InChI is InChI=1S/C21H23F2NO5/c1-28-19(26)11-15(13-5-6-16(22)17(23)9-13)21-20(27)18(25)10-14(29-21)12-24-7-3-2-4-8-24/h5-6,9-10,15,27H,2-4,7-8,11-12H2,1H3/t15-/m1/s1. The van der Waals surface area contributed by atoms with Crippen molar-refractivity contribution in [3.63, 3.8) is 0 Å². The lowest BCUT2D eigenvalue weighted by Crippen LogP contribution is -2.29. The Kier molecular flexibility index (Phi) is 6.64. The van der Waals surface area contributed by atoms with E-state index in [-0.39, 0.29) is 17.7 Å². The van der Waals surface area contributed by atoms with Crippen molar-refractivity contribution in [2.45, 2.75) is 38.1 Å². The summed E-state index contributed by atoms with van der Waals surface area (Å²) in [6.07, 6.45) is 2.94. The third kappa shape index (κ3) is 5.00. The Morgan fingerprint density at radius 3 is 2.59 bits per heavy atom. The molecule has 0 saturated carbocycles. The van der Waals surface area contributed by atoms with E-state index in [4.69, 9.17) is 4.42 Å². The molecule has 156 valence electrons. The quantitative estimate of drug-likeness (QED) is 0.740. The van der Waals surface area contributed by atoms with Crippen LogP contribution in [0.5, 0.6) is 5.75 Å². The average Bonchev–Trinajstić information content (AvgIpc) is 2.71. The molecule has 6 nitrogen and oxygen atoms in total. The van der Waals surface area contributed by atoms with Gasteiger partial charge in [0.25, 0.3) is 0 Å². The Balaban J connectivity index is 2.02. The third-order valence-corrected chi connectivity index (χ3v) is 5.09. The highest BCUT2D eigenvalue weighted by Gasteiger charge is 2.27. The predicted molar refractivity (Wildman–Crippen MR) is 101 cm³/mol. The predicted octanol–water partition coefficient (Wildman–Crippen LogP) is 3.30. The molecule has 0 spiro atoms. The van der Waals surface area contributed by atoms with Gasteiger partial charge in [-0.15, -0.1) is 0 Å². The molecule has 0 radical (unpaired) electrons. The van der Waals surface area contributed by atoms with Gasteiger partial charge in [-0.1, -0.05) is 12.5 Å². The van der Waals surface area contributed by atoms with E-state index in [2.05, 4.69) is 9.64 Å². The van der Waals surface area contributed by atoms with Gasteiger partial charge >= 0.3 is 5.97 Å². The maximum absolute atomic E-state index is 13.8. The zero-order valence-corrected chi connectivity index (χ0v) is 16.1. The molecule has 1 atom stereocenters. The maximum Gasteiger partial charge on any atom is 0.306 e. The van der Waals surface area contributed by atoms with Crippen LogP contribution < -0.4 is 5.43 Å². The fraction of sp³-hybridized carbons (Fsp3) is 0.429. The zero-order chi connectivity index (χ0) is 21.0. The average molecular weight is 407 g/mol. The van der Waals surface area contributed by atoms with Gasteiger partial charge in [0.2, 0.25) is 11.2 Å². The summed E-state index contributed by atoms with van der Waals surface area (Å²) in [5, 5.41) is 10.3. The Morgan fingerprint density at radius 1 is 1.21 bits per heavy atom. The molecule has 0 amide bonds. The van der Waals surface area contributed by atoms with E-state index in [1.165, 1.54) is 19.2 Å². The molecular formula is C21H23F2NO5. The number of hydrogen-bond acceptors (Lipinski definition) is 6. The van der Waals surface area contributed by atoms with Crippen molar-refractivity contribution < 1.29 is 27.8 Å². The van der Waals surface area contributed by atoms with E-state index in [1.807, 2.05) is 0 Å². The molecule has 29 heavy (non-hydrogen) atoms. The highest BCUT2D eigenvalue weighted by atomic mass is 19.2. The number of aromatic hydroxyl groups is 1. The molecule has 0 unspecified atom stereocenters. The molecule has 0 aliphatic carbocycles. The van der Waals surface area contributed by atoms with Crippen molar-refractivity contribution in [1.82, 2.24) is 4.90 Å². The first-order valence-corrected chi connectivity index (χ1v) is 9.49. The van der Waals surface area contributed by atoms with Crippen molar-refractivity contribution in [2.75, 3.05) is 20.2 Å². The number of piperidine rings is 1. The van der Waals surface area contributed by atoms with Crippen LogP contribution in [0.1, 0.15) is 48.7 Å². The number of carbonyl (C=O) groups is 1. The van der Waals surface area contributed by atoms with Crippen molar-refractivity contribution in [1.29, 1.82) is 0 Å². The molecule has 1 aliphatic heterocycles. The van der Waals surface area contributed by atoms with Crippen LogP contribution in [0, 0.1) is 11.6 Å². The van der Waals surface area contributed by atoms with Crippen molar-refractivity contribution in [3.05, 3.63) is 63.2 Å². The van der Waals surface area contributed by atoms with Crippen LogP contribution in [0.15, 0.2) is 33.5 Å². The molecule has 1 saturated heterocycles. The van der Waals surface area contributed by atoms with E-state index in [0.717, 1.165) is 44.5 Å². The van der Waals surface area contributed by atoms with Gasteiger partial charge in [-0.2, -0.15) is 0 Å². The van der Waals surface area contributed by atoms with Crippen molar-refractivity contribution >= 4 is 5.97 Å². The van der Waals surface area contributed by atoms with Crippen LogP contribution in [0.3, 0.4) is 0 Å². The van der Waals surface area contributed by atoms with Gasteiger partial charge in [0, 0.05) is 6.07 Å². The maximum atomic E-state index is 13.8. The number of ether oxygens (including phenoxy) is 1. The summed E-state index contributed by atoms with van der Waals surface area (Å²) in [6, 6.07) is 4.33. The summed E-state index contributed by atoms with van der Waals surface area (Å²) in [4.78, 5) is 26.4. The van der Waals surface area contributed by atoms with Gasteiger partial charge in [-0.3, -0.25) is 14.5 Å². The smallest absolute Gasteiger partial charge is 0.306 e. The zero-order valence-electron chi connectivity index (χ0n) is 16.1. The second-order valence-corrected chi connectivity index (χ2v) is 7.13. The normalized spacial score (nSPS) is 15.8. The highest BCUT2D eigenvalue weighted by Crippen LogP contribution is 2.34. The van der Waals surface area contributed by atoms with Crippen LogP contribution in [-0.2, 0) is 16.1 Å². The number of benzene rings is 1. The molecule has 1 aliphatic rings. The van der Waals surface area contributed by atoms with Crippen LogP contribution in [0.2, 0.25) is 0 Å². The van der Waals surface area contributed by atoms with Crippen LogP contribution >= 0.6 is 0 Å². The number of rotatable bonds is 6. The van der Waals surface area contributed by atoms with Gasteiger partial charge in [0.15, 0.2) is 17.4 Å². The molecule has 1 fully saturated rings. The molecule has 3 rings (SSSR count). The van der Waals surface area contributed by atoms with Crippen LogP contribution in [0.4, 0.5) is 8.78 Å². The Labute approximate surface area is 166 Å². The monoisotopic (exact) mass is 407 g/mol. The minimum Gasteiger partial charge on any atom is -0.502 e. The molecular weight excluding hydrogens is 384 g/mol. The number of esters is 1. The Morgan fingerprint density at radius 2 is 1.93 bits per heavy atom. The molecule has 1 N–H and O–H groups in total. The number of methoxy groups -OCH3 is 1. The highest BCUT2D eigenvalue weighted by molar-refractivity contribution is 5.71. The minimum atomic E-state index is -1.11. The minimum absolute atomic E-state index is 0.166. The summed E-state index contributed by atoms with van der Waals surface area (Å²) < 4.78 is 37.6. The fourth-order valence-corrected chi connectivity index (χ4v) is 3.55. The van der Waals surface area contributed by atoms with Crippen molar-refractivity contribution in [2.24, 2.45) is 0 Å². The van der Waals surface area contributed by atoms with Gasteiger partial charge < -0.3 is 14.3 Å². The van der Waals surface area contributed by atoms with Gasteiger partial charge in [-0.25, -0.2) is 8.78 Å². The van der Waals surface area contributed by atoms with E-state index in [0.29, 0.717) is 12.3 Å². The molecule has 1 aromatic heterocycles. The summed E-state index contributed by atoms with van der Waals surface area (Å²) in [6.45, 7) is 2.12. The largest absolute Gasteiger partial charge is 0.502 e. The summed E-state index contributed by atoms with van der Waals surface area (Å²) in [5.74, 6) is -4.30. The summed E-state index contributed by atoms with van der Waals surface area (Å²) in [7, 11) is 1.19. The number of likely N-dealkylation sites (tertiary alicyclic amines) is 1. The van der Waals surface area contributed by atoms with Gasteiger partial charge in [0.05, 0.1) is 26.0 Å². The first-order valence-electron chi connectivity index (χ1n) is 9.49. The van der Waals surface area contributed by atoms with E-state index >= 15 is 0 Å². The van der Waals surface area contributed by atoms with Gasteiger partial charge in [0.1, 0.15) is 5.76 Å². The molecule has 8 heteroatoms. The molecule has 2 aromatic rings. The first kappa shape index (κ1) is 21.0. The lowest BCUT2D eigenvalue weighted by Gasteiger charge is -2.26. The lowest BCUT2D eigenvalue weighted by molar-refractivity contribution is -0.140. The fourth-order valence-electron chi connectivity index (χ4n) is 3.55.